The van der Waals surface area contributed by atoms with E-state index >= 15 is 0 Å². The fourth-order valence-corrected chi connectivity index (χ4v) is 2.17. The lowest BCUT2D eigenvalue weighted by molar-refractivity contribution is 1.37. The number of anilines is 2. The summed E-state index contributed by atoms with van der Waals surface area (Å²) in [7, 11) is 0. The number of nitriles is 1. The predicted molar refractivity (Wildman–Crippen MR) is 78.1 cm³/mol. The lowest BCUT2D eigenvalue weighted by Gasteiger charge is -2.13. The predicted octanol–water partition coefficient (Wildman–Crippen LogP) is 4.68. The molecule has 18 heavy (non-hydrogen) atoms. The van der Waals surface area contributed by atoms with Gasteiger partial charge in [-0.25, -0.2) is 0 Å². The van der Waals surface area contributed by atoms with Gasteiger partial charge in [-0.2, -0.15) is 5.26 Å². The Labute approximate surface area is 115 Å². The van der Waals surface area contributed by atoms with Crippen LogP contribution in [-0.4, -0.2) is 0 Å². The molecule has 0 bridgehead atoms. The standard InChI is InChI=1S/C15H13BrN2/c1-10-5-4-8-13(14(10)16)18-15-11(2)6-3-7-12(15)9-17/h3-8,18H,1-2H3. The molecule has 0 unspecified atom stereocenters. The van der Waals surface area contributed by atoms with Gasteiger partial charge in [0.2, 0.25) is 0 Å². The number of aryl methyl sites for hydroxylation is 2. The highest BCUT2D eigenvalue weighted by atomic mass is 79.9. The zero-order chi connectivity index (χ0) is 13.1. The normalized spacial score (nSPS) is 9.89. The average Bonchev–Trinajstić information content (AvgIpc) is 2.37. The maximum Gasteiger partial charge on any atom is 0.101 e. The molecule has 0 aliphatic heterocycles. The van der Waals surface area contributed by atoms with Crippen LogP contribution in [0.1, 0.15) is 16.7 Å². The quantitative estimate of drug-likeness (QED) is 0.874. The number of hydrogen-bond donors (Lipinski definition) is 1. The minimum atomic E-state index is 0.656. The number of halogens is 1. The SMILES string of the molecule is Cc1cccc(Nc2c(C)cccc2C#N)c1Br. The molecule has 3 heteroatoms. The Balaban J connectivity index is 2.47. The van der Waals surface area contributed by atoms with Crippen molar-refractivity contribution in [2.75, 3.05) is 5.32 Å². The molecule has 0 saturated heterocycles. The van der Waals surface area contributed by atoms with Crippen LogP contribution in [0.25, 0.3) is 0 Å². The summed E-state index contributed by atoms with van der Waals surface area (Å²) in [5.74, 6) is 0. The zero-order valence-electron chi connectivity index (χ0n) is 10.3. The first kappa shape index (κ1) is 12.7. The van der Waals surface area contributed by atoms with Gasteiger partial charge in [-0.3, -0.25) is 0 Å². The van der Waals surface area contributed by atoms with Gasteiger partial charge < -0.3 is 5.32 Å². The smallest absolute Gasteiger partial charge is 0.101 e. The summed E-state index contributed by atoms with van der Waals surface area (Å²) in [6, 6.07) is 13.9. The van der Waals surface area contributed by atoms with Gasteiger partial charge in [0.05, 0.1) is 16.9 Å². The first-order valence-corrected chi connectivity index (χ1v) is 6.44. The van der Waals surface area contributed by atoms with Crippen LogP contribution in [0.4, 0.5) is 11.4 Å². The van der Waals surface area contributed by atoms with Crippen molar-refractivity contribution in [3.63, 3.8) is 0 Å². The summed E-state index contributed by atoms with van der Waals surface area (Å²) < 4.78 is 1.03. The van der Waals surface area contributed by atoms with Gasteiger partial charge in [-0.1, -0.05) is 24.3 Å². The van der Waals surface area contributed by atoms with Gasteiger partial charge in [-0.05, 0) is 53.0 Å². The molecule has 2 rings (SSSR count). The van der Waals surface area contributed by atoms with Crippen molar-refractivity contribution in [1.82, 2.24) is 0 Å². The summed E-state index contributed by atoms with van der Waals surface area (Å²) in [4.78, 5) is 0. The van der Waals surface area contributed by atoms with Crippen molar-refractivity contribution in [2.45, 2.75) is 13.8 Å². The van der Waals surface area contributed by atoms with Gasteiger partial charge >= 0.3 is 0 Å². The van der Waals surface area contributed by atoms with E-state index in [1.165, 1.54) is 0 Å². The van der Waals surface area contributed by atoms with Gasteiger partial charge in [0.1, 0.15) is 6.07 Å². The maximum absolute atomic E-state index is 9.14. The van der Waals surface area contributed by atoms with Crippen LogP contribution in [-0.2, 0) is 0 Å². The van der Waals surface area contributed by atoms with Crippen LogP contribution < -0.4 is 5.32 Å². The fraction of sp³-hybridized carbons (Fsp3) is 0.133. The van der Waals surface area contributed by atoms with Crippen molar-refractivity contribution in [3.8, 4) is 6.07 Å². The minimum absolute atomic E-state index is 0.656. The number of nitrogens with one attached hydrogen (secondary N) is 1. The highest BCUT2D eigenvalue weighted by Gasteiger charge is 2.08. The van der Waals surface area contributed by atoms with Crippen molar-refractivity contribution in [2.24, 2.45) is 0 Å². The molecule has 0 fully saturated rings. The van der Waals surface area contributed by atoms with Crippen LogP contribution in [0.15, 0.2) is 40.9 Å². The first-order chi connectivity index (χ1) is 8.63. The van der Waals surface area contributed by atoms with E-state index in [0.717, 1.165) is 27.0 Å². The van der Waals surface area contributed by atoms with E-state index in [4.69, 9.17) is 5.26 Å². The molecule has 0 radical (unpaired) electrons. The zero-order valence-corrected chi connectivity index (χ0v) is 11.9. The summed E-state index contributed by atoms with van der Waals surface area (Å²) in [5, 5.41) is 12.5. The highest BCUT2D eigenvalue weighted by Crippen LogP contribution is 2.31. The number of nitrogens with zero attached hydrogens (tertiary/aromatic N) is 1. The van der Waals surface area contributed by atoms with Gasteiger partial charge in [0.25, 0.3) is 0 Å². The van der Waals surface area contributed by atoms with E-state index in [9.17, 15) is 0 Å². The summed E-state index contributed by atoms with van der Waals surface area (Å²) in [6.45, 7) is 4.03. The molecule has 0 aliphatic carbocycles. The number of para-hydroxylation sites is 1. The molecule has 0 aliphatic rings. The third kappa shape index (κ3) is 2.39. The first-order valence-electron chi connectivity index (χ1n) is 5.65. The van der Waals surface area contributed by atoms with Crippen LogP contribution in [0.5, 0.6) is 0 Å². The molecule has 2 nitrogen and oxygen atoms in total. The topological polar surface area (TPSA) is 35.8 Å². The lowest BCUT2D eigenvalue weighted by atomic mass is 10.1. The second-order valence-electron chi connectivity index (χ2n) is 4.17. The molecule has 2 aromatic carbocycles. The van der Waals surface area contributed by atoms with Crippen molar-refractivity contribution in [1.29, 1.82) is 5.26 Å². The maximum atomic E-state index is 9.14. The molecular weight excluding hydrogens is 288 g/mol. The van der Waals surface area contributed by atoms with E-state index in [1.54, 1.807) is 0 Å². The summed E-state index contributed by atoms with van der Waals surface area (Å²) >= 11 is 3.56. The molecule has 0 aromatic heterocycles. The Morgan fingerprint density at radius 1 is 1.06 bits per heavy atom. The Hall–Kier alpha value is -1.79. The van der Waals surface area contributed by atoms with E-state index < -0.39 is 0 Å². The second kappa shape index (κ2) is 5.24. The van der Waals surface area contributed by atoms with Crippen LogP contribution in [0.3, 0.4) is 0 Å². The molecule has 0 heterocycles. The van der Waals surface area contributed by atoms with Gasteiger partial charge in [0.15, 0.2) is 0 Å². The monoisotopic (exact) mass is 300 g/mol. The molecule has 0 atom stereocenters. The van der Waals surface area contributed by atoms with E-state index in [2.05, 4.69) is 27.3 Å². The average molecular weight is 301 g/mol. The van der Waals surface area contributed by atoms with Crippen LogP contribution >= 0.6 is 15.9 Å². The molecule has 0 spiro atoms. The molecule has 0 amide bonds. The van der Waals surface area contributed by atoms with E-state index in [0.29, 0.717) is 5.56 Å². The Morgan fingerprint density at radius 2 is 1.72 bits per heavy atom. The second-order valence-corrected chi connectivity index (χ2v) is 4.96. The van der Waals surface area contributed by atoms with Gasteiger partial charge in [-0.15, -0.1) is 0 Å². The number of hydrogen-bond acceptors (Lipinski definition) is 2. The van der Waals surface area contributed by atoms with Crippen molar-refractivity contribution in [3.05, 3.63) is 57.6 Å². The summed E-state index contributed by atoms with van der Waals surface area (Å²) in [5.41, 5.74) is 4.71. The van der Waals surface area contributed by atoms with Crippen molar-refractivity contribution >= 4 is 27.3 Å². The third-order valence-electron chi connectivity index (χ3n) is 2.84. The fourth-order valence-electron chi connectivity index (χ4n) is 1.81. The minimum Gasteiger partial charge on any atom is -0.353 e. The molecule has 1 N–H and O–H groups in total. The molecule has 2 aromatic rings. The van der Waals surface area contributed by atoms with Crippen LogP contribution in [0.2, 0.25) is 0 Å². The number of rotatable bonds is 2. The Morgan fingerprint density at radius 3 is 2.44 bits per heavy atom. The third-order valence-corrected chi connectivity index (χ3v) is 3.90. The molecule has 0 saturated carbocycles. The molecule has 90 valence electrons. The Bertz CT molecular complexity index is 627. The highest BCUT2D eigenvalue weighted by molar-refractivity contribution is 9.10. The summed E-state index contributed by atoms with van der Waals surface area (Å²) in [6.07, 6.45) is 0. The van der Waals surface area contributed by atoms with E-state index in [-0.39, 0.29) is 0 Å². The lowest BCUT2D eigenvalue weighted by Crippen LogP contribution is -1.97. The van der Waals surface area contributed by atoms with Crippen LogP contribution in [0, 0.1) is 25.2 Å². The van der Waals surface area contributed by atoms with Gasteiger partial charge in [0, 0.05) is 4.47 Å². The Kier molecular flexibility index (Phi) is 3.69. The largest absolute Gasteiger partial charge is 0.353 e. The van der Waals surface area contributed by atoms with Crippen molar-refractivity contribution < 1.29 is 0 Å². The molecular formula is C15H13BrN2. The number of benzene rings is 2. The van der Waals surface area contributed by atoms with E-state index in [1.807, 2.05) is 50.2 Å².